The summed E-state index contributed by atoms with van der Waals surface area (Å²) >= 11 is 0. The van der Waals surface area contributed by atoms with E-state index in [4.69, 9.17) is 5.11 Å². The lowest BCUT2D eigenvalue weighted by atomic mass is 9.93. The van der Waals surface area contributed by atoms with Gasteiger partial charge in [0.2, 0.25) is 0 Å². The monoisotopic (exact) mass is 279 g/mol. The summed E-state index contributed by atoms with van der Waals surface area (Å²) in [6, 6.07) is 4.79. The summed E-state index contributed by atoms with van der Waals surface area (Å²) in [6.07, 6.45) is 1.46. The molecule has 0 radical (unpaired) electrons. The van der Waals surface area contributed by atoms with Gasteiger partial charge in [-0.2, -0.15) is 0 Å². The number of carbonyl (C=O) groups excluding carboxylic acids is 1. The third kappa shape index (κ3) is 3.15. The molecule has 0 aromatic heterocycles. The van der Waals surface area contributed by atoms with Gasteiger partial charge in [-0.3, -0.25) is 9.59 Å². The van der Waals surface area contributed by atoms with E-state index in [1.54, 1.807) is 24.0 Å². The highest BCUT2D eigenvalue weighted by Crippen LogP contribution is 2.23. The average Bonchev–Trinajstić information content (AvgIpc) is 2.41. The van der Waals surface area contributed by atoms with Crippen LogP contribution in [0.25, 0.3) is 0 Å². The van der Waals surface area contributed by atoms with E-state index in [9.17, 15) is 14.0 Å². The number of benzene rings is 1. The maximum atomic E-state index is 13.9. The van der Waals surface area contributed by atoms with Crippen molar-refractivity contribution >= 4 is 11.9 Å². The molecule has 0 bridgehead atoms. The highest BCUT2D eigenvalue weighted by Gasteiger charge is 2.26. The number of nitrogens with zero attached hydrogens (tertiary/aromatic N) is 1. The molecule has 1 aromatic rings. The van der Waals surface area contributed by atoms with Gasteiger partial charge in [0.15, 0.2) is 0 Å². The molecule has 1 amide bonds. The van der Waals surface area contributed by atoms with Crippen molar-refractivity contribution in [2.24, 2.45) is 5.92 Å². The van der Waals surface area contributed by atoms with Gasteiger partial charge in [-0.25, -0.2) is 4.39 Å². The van der Waals surface area contributed by atoms with Gasteiger partial charge in [0, 0.05) is 19.5 Å². The predicted octanol–water partition coefficient (Wildman–Crippen LogP) is 2.46. The number of rotatable bonds is 3. The number of carbonyl (C=O) groups is 2. The Kier molecular flexibility index (Phi) is 4.37. The lowest BCUT2D eigenvalue weighted by Crippen LogP contribution is -2.39. The normalized spacial score (nSPS) is 16.2. The molecule has 0 atom stereocenters. The van der Waals surface area contributed by atoms with Crippen molar-refractivity contribution in [3.63, 3.8) is 0 Å². The minimum absolute atomic E-state index is 0.0988. The molecule has 20 heavy (non-hydrogen) atoms. The fourth-order valence-electron chi connectivity index (χ4n) is 2.57. The van der Waals surface area contributed by atoms with E-state index < -0.39 is 11.8 Å². The molecule has 2 rings (SSSR count). The Morgan fingerprint density at radius 3 is 2.60 bits per heavy atom. The lowest BCUT2D eigenvalue weighted by molar-refractivity contribution is -0.138. The van der Waals surface area contributed by atoms with E-state index in [1.807, 2.05) is 0 Å². The number of aryl methyl sites for hydroxylation is 1. The number of hydrogen-bond donors (Lipinski definition) is 1. The van der Waals surface area contributed by atoms with Gasteiger partial charge in [0.05, 0.1) is 5.56 Å². The number of amides is 1. The Balaban J connectivity index is 2.02. The first kappa shape index (κ1) is 14.5. The van der Waals surface area contributed by atoms with Gasteiger partial charge in [0.25, 0.3) is 5.91 Å². The first-order chi connectivity index (χ1) is 9.49. The van der Waals surface area contributed by atoms with Crippen LogP contribution in [0.15, 0.2) is 18.2 Å². The fraction of sp³-hybridized carbons (Fsp3) is 0.467. The van der Waals surface area contributed by atoms with E-state index in [0.717, 1.165) is 0 Å². The van der Waals surface area contributed by atoms with Crippen LogP contribution in [0.1, 0.15) is 35.2 Å². The standard InChI is InChI=1S/C15H18FNO3/c1-10-3-2-4-12(14(10)16)15(20)17-7-5-11(6-8-17)9-13(18)19/h2-4,11H,5-9H2,1H3,(H,18,19). The van der Waals surface area contributed by atoms with Crippen LogP contribution in [0.2, 0.25) is 0 Å². The zero-order valence-corrected chi connectivity index (χ0v) is 11.4. The van der Waals surface area contributed by atoms with E-state index >= 15 is 0 Å². The molecular weight excluding hydrogens is 261 g/mol. The second-order valence-electron chi connectivity index (χ2n) is 5.27. The van der Waals surface area contributed by atoms with Crippen molar-refractivity contribution in [3.8, 4) is 0 Å². The van der Waals surface area contributed by atoms with Gasteiger partial charge in [0.1, 0.15) is 5.82 Å². The summed E-state index contributed by atoms with van der Waals surface area (Å²) in [5, 5.41) is 8.76. The van der Waals surface area contributed by atoms with Crippen LogP contribution in [-0.2, 0) is 4.79 Å². The minimum Gasteiger partial charge on any atom is -0.481 e. The zero-order chi connectivity index (χ0) is 14.7. The van der Waals surface area contributed by atoms with Crippen LogP contribution < -0.4 is 0 Å². The molecule has 1 fully saturated rings. The summed E-state index contributed by atoms with van der Waals surface area (Å²) in [4.78, 5) is 24.5. The van der Waals surface area contributed by atoms with Crippen LogP contribution >= 0.6 is 0 Å². The number of piperidine rings is 1. The molecule has 1 aliphatic rings. The molecule has 5 heteroatoms. The Hall–Kier alpha value is -1.91. The van der Waals surface area contributed by atoms with Crippen LogP contribution in [0.4, 0.5) is 4.39 Å². The van der Waals surface area contributed by atoms with Gasteiger partial charge in [-0.1, -0.05) is 12.1 Å². The van der Waals surface area contributed by atoms with Crippen LogP contribution in [0.3, 0.4) is 0 Å². The highest BCUT2D eigenvalue weighted by molar-refractivity contribution is 5.94. The Morgan fingerprint density at radius 1 is 1.35 bits per heavy atom. The first-order valence-corrected chi connectivity index (χ1v) is 6.75. The zero-order valence-electron chi connectivity index (χ0n) is 11.4. The lowest BCUT2D eigenvalue weighted by Gasteiger charge is -2.31. The molecular formula is C15H18FNO3. The minimum atomic E-state index is -0.806. The molecule has 1 N–H and O–H groups in total. The predicted molar refractivity (Wildman–Crippen MR) is 72.0 cm³/mol. The van der Waals surface area contributed by atoms with Gasteiger partial charge >= 0.3 is 5.97 Å². The van der Waals surface area contributed by atoms with E-state index in [1.165, 1.54) is 6.07 Å². The molecule has 1 aromatic carbocycles. The Morgan fingerprint density at radius 2 is 2.00 bits per heavy atom. The SMILES string of the molecule is Cc1cccc(C(=O)N2CCC(CC(=O)O)CC2)c1F. The van der Waals surface area contributed by atoms with Gasteiger partial charge in [-0.05, 0) is 37.3 Å². The van der Waals surface area contributed by atoms with Gasteiger partial charge in [-0.15, -0.1) is 0 Å². The van der Waals surface area contributed by atoms with Crippen molar-refractivity contribution in [2.75, 3.05) is 13.1 Å². The number of halogens is 1. The second kappa shape index (κ2) is 6.03. The molecule has 0 aliphatic carbocycles. The molecule has 4 nitrogen and oxygen atoms in total. The molecule has 0 saturated carbocycles. The van der Waals surface area contributed by atoms with Crippen molar-refractivity contribution in [1.29, 1.82) is 0 Å². The molecule has 1 aliphatic heterocycles. The number of carboxylic acid groups (broad SMARTS) is 1. The highest BCUT2D eigenvalue weighted by atomic mass is 19.1. The van der Waals surface area contributed by atoms with Crippen LogP contribution in [0.5, 0.6) is 0 Å². The number of likely N-dealkylation sites (tertiary alicyclic amines) is 1. The quantitative estimate of drug-likeness (QED) is 0.924. The number of aliphatic carboxylic acids is 1. The Bertz CT molecular complexity index is 522. The number of carboxylic acids is 1. The Labute approximate surface area is 117 Å². The first-order valence-electron chi connectivity index (χ1n) is 6.75. The molecule has 0 unspecified atom stereocenters. The average molecular weight is 279 g/mol. The molecule has 0 spiro atoms. The molecule has 1 saturated heterocycles. The third-order valence-corrected chi connectivity index (χ3v) is 3.79. The topological polar surface area (TPSA) is 57.6 Å². The summed E-state index contributed by atoms with van der Waals surface area (Å²) < 4.78 is 13.9. The summed E-state index contributed by atoms with van der Waals surface area (Å²) in [5.41, 5.74) is 0.554. The fourth-order valence-corrected chi connectivity index (χ4v) is 2.57. The van der Waals surface area contributed by atoms with E-state index in [2.05, 4.69) is 0 Å². The third-order valence-electron chi connectivity index (χ3n) is 3.79. The molecule has 1 heterocycles. The van der Waals surface area contributed by atoms with Gasteiger partial charge < -0.3 is 10.0 Å². The summed E-state index contributed by atoms with van der Waals surface area (Å²) in [7, 11) is 0. The van der Waals surface area contributed by atoms with Crippen LogP contribution in [-0.4, -0.2) is 35.0 Å². The van der Waals surface area contributed by atoms with Crippen molar-refractivity contribution in [1.82, 2.24) is 4.90 Å². The van der Waals surface area contributed by atoms with E-state index in [-0.39, 0.29) is 23.8 Å². The van der Waals surface area contributed by atoms with Crippen LogP contribution in [0, 0.1) is 18.7 Å². The van der Waals surface area contributed by atoms with E-state index in [0.29, 0.717) is 31.5 Å². The van der Waals surface area contributed by atoms with Crippen molar-refractivity contribution in [2.45, 2.75) is 26.2 Å². The summed E-state index contributed by atoms with van der Waals surface area (Å²) in [5.74, 6) is -1.47. The molecule has 108 valence electrons. The largest absolute Gasteiger partial charge is 0.481 e. The second-order valence-corrected chi connectivity index (χ2v) is 5.27. The smallest absolute Gasteiger partial charge is 0.303 e. The van der Waals surface area contributed by atoms with Crippen molar-refractivity contribution in [3.05, 3.63) is 35.1 Å². The van der Waals surface area contributed by atoms with Crippen molar-refractivity contribution < 1.29 is 19.1 Å². The summed E-state index contributed by atoms with van der Waals surface area (Å²) in [6.45, 7) is 2.61. The maximum Gasteiger partial charge on any atom is 0.303 e. The number of hydrogen-bond acceptors (Lipinski definition) is 2. The maximum absolute atomic E-state index is 13.9.